The van der Waals surface area contributed by atoms with Crippen molar-refractivity contribution < 1.29 is 9.59 Å². The fourth-order valence-corrected chi connectivity index (χ4v) is 2.79. The highest BCUT2D eigenvalue weighted by molar-refractivity contribution is 8.76. The van der Waals surface area contributed by atoms with Gasteiger partial charge in [-0.2, -0.15) is 0 Å². The van der Waals surface area contributed by atoms with Gasteiger partial charge in [-0.05, 0) is 6.42 Å². The van der Waals surface area contributed by atoms with Crippen LogP contribution < -0.4 is 10.6 Å². The minimum atomic E-state index is 0.0638. The number of halogens is 1. The summed E-state index contributed by atoms with van der Waals surface area (Å²) in [4.78, 5) is 21.1. The molecule has 0 spiro atoms. The molecule has 16 heavy (non-hydrogen) atoms. The zero-order valence-electron chi connectivity index (χ0n) is 9.04. The molecule has 0 aromatic rings. The average molecular weight is 285 g/mol. The van der Waals surface area contributed by atoms with Gasteiger partial charge in [-0.25, -0.2) is 0 Å². The molecule has 0 atom stereocenters. The summed E-state index contributed by atoms with van der Waals surface area (Å²) in [7, 11) is 3.38. The first kappa shape index (κ1) is 15.9. The Kier molecular flexibility index (Phi) is 12.9. The second-order valence-electron chi connectivity index (χ2n) is 2.86. The fourth-order valence-electron chi connectivity index (χ4n) is 0.825. The Labute approximate surface area is 109 Å². The number of alkyl halides is 1. The number of carbonyl (C=O) groups is 2. The van der Waals surface area contributed by atoms with Gasteiger partial charge in [0.25, 0.3) is 0 Å². The SMILES string of the molecule is O=CNCCSSCCNC(=O)CCCCl. The molecule has 94 valence electrons. The van der Waals surface area contributed by atoms with Crippen molar-refractivity contribution in [3.63, 3.8) is 0 Å². The molecule has 4 nitrogen and oxygen atoms in total. The maximum Gasteiger partial charge on any atom is 0.220 e. The number of amides is 2. The number of hydrogen-bond acceptors (Lipinski definition) is 4. The Hall–Kier alpha value is -0.0700. The summed E-state index contributed by atoms with van der Waals surface area (Å²) in [6, 6.07) is 0. The summed E-state index contributed by atoms with van der Waals surface area (Å²) in [5.41, 5.74) is 0. The van der Waals surface area contributed by atoms with Crippen molar-refractivity contribution >= 4 is 45.5 Å². The standard InChI is InChI=1S/C9H17ClN2O2S2/c10-3-1-2-9(14)12-5-7-16-15-6-4-11-8-13/h8H,1-7H2,(H,11,13)(H,12,14). The quantitative estimate of drug-likeness (QED) is 0.259. The summed E-state index contributed by atoms with van der Waals surface area (Å²) >= 11 is 5.47. The molecule has 0 fully saturated rings. The minimum absolute atomic E-state index is 0.0638. The van der Waals surface area contributed by atoms with Crippen molar-refractivity contribution in [2.24, 2.45) is 0 Å². The summed E-state index contributed by atoms with van der Waals surface area (Å²) in [5, 5.41) is 5.40. The summed E-state index contributed by atoms with van der Waals surface area (Å²) < 4.78 is 0. The molecule has 0 heterocycles. The lowest BCUT2D eigenvalue weighted by atomic mass is 10.3. The first-order valence-electron chi connectivity index (χ1n) is 5.05. The summed E-state index contributed by atoms with van der Waals surface area (Å²) in [6.45, 7) is 1.36. The van der Waals surface area contributed by atoms with Gasteiger partial charge in [-0.1, -0.05) is 21.6 Å². The van der Waals surface area contributed by atoms with Crippen LogP contribution >= 0.6 is 33.2 Å². The van der Waals surface area contributed by atoms with Gasteiger partial charge in [-0.15, -0.1) is 11.6 Å². The van der Waals surface area contributed by atoms with Gasteiger partial charge >= 0.3 is 0 Å². The highest BCUT2D eigenvalue weighted by Crippen LogP contribution is 2.19. The number of rotatable bonds is 11. The van der Waals surface area contributed by atoms with Crippen molar-refractivity contribution in [1.82, 2.24) is 10.6 Å². The van der Waals surface area contributed by atoms with Crippen LogP contribution in [0.25, 0.3) is 0 Å². The predicted octanol–water partition coefficient (Wildman–Crippen LogP) is 1.25. The van der Waals surface area contributed by atoms with Gasteiger partial charge in [0, 0.05) is 36.9 Å². The molecular weight excluding hydrogens is 268 g/mol. The van der Waals surface area contributed by atoms with Gasteiger partial charge in [0.15, 0.2) is 0 Å². The Morgan fingerprint density at radius 3 is 2.56 bits per heavy atom. The van der Waals surface area contributed by atoms with Crippen LogP contribution in [-0.2, 0) is 9.59 Å². The van der Waals surface area contributed by atoms with Gasteiger partial charge in [0.1, 0.15) is 0 Å². The molecule has 0 bridgehead atoms. The van der Waals surface area contributed by atoms with Gasteiger partial charge < -0.3 is 10.6 Å². The van der Waals surface area contributed by atoms with E-state index in [0.29, 0.717) is 31.8 Å². The molecule has 7 heteroatoms. The van der Waals surface area contributed by atoms with Crippen LogP contribution in [0.5, 0.6) is 0 Å². The van der Waals surface area contributed by atoms with Crippen LogP contribution in [-0.4, -0.2) is 42.8 Å². The van der Waals surface area contributed by atoms with Crippen LogP contribution in [0.2, 0.25) is 0 Å². The van der Waals surface area contributed by atoms with E-state index in [9.17, 15) is 9.59 Å². The highest BCUT2D eigenvalue weighted by Gasteiger charge is 1.99. The smallest absolute Gasteiger partial charge is 0.220 e. The van der Waals surface area contributed by atoms with Crippen molar-refractivity contribution in [1.29, 1.82) is 0 Å². The highest BCUT2D eigenvalue weighted by atomic mass is 35.5. The average Bonchev–Trinajstić information content (AvgIpc) is 2.30. The second-order valence-corrected chi connectivity index (χ2v) is 5.94. The minimum Gasteiger partial charge on any atom is -0.358 e. The normalized spacial score (nSPS) is 9.81. The number of nitrogens with one attached hydrogen (secondary N) is 2. The summed E-state index contributed by atoms with van der Waals surface area (Å²) in [5.74, 6) is 2.35. The van der Waals surface area contributed by atoms with Crippen LogP contribution in [0, 0.1) is 0 Å². The lowest BCUT2D eigenvalue weighted by Gasteiger charge is -2.03. The molecule has 0 saturated carbocycles. The van der Waals surface area contributed by atoms with Crippen molar-refractivity contribution in [3.8, 4) is 0 Å². The molecule has 0 rings (SSSR count). The van der Waals surface area contributed by atoms with E-state index >= 15 is 0 Å². The molecule has 0 aromatic carbocycles. The lowest BCUT2D eigenvalue weighted by Crippen LogP contribution is -2.25. The van der Waals surface area contributed by atoms with Crippen LogP contribution in [0.15, 0.2) is 0 Å². The van der Waals surface area contributed by atoms with Crippen LogP contribution in [0.3, 0.4) is 0 Å². The third kappa shape index (κ3) is 12.0. The number of hydrogen-bond donors (Lipinski definition) is 2. The third-order valence-electron chi connectivity index (χ3n) is 1.54. The van der Waals surface area contributed by atoms with E-state index in [1.165, 1.54) is 0 Å². The van der Waals surface area contributed by atoms with Crippen molar-refractivity contribution in [2.75, 3.05) is 30.5 Å². The molecule has 0 aliphatic rings. The monoisotopic (exact) mass is 284 g/mol. The lowest BCUT2D eigenvalue weighted by molar-refractivity contribution is -0.121. The first-order chi connectivity index (χ1) is 7.81. The number of carbonyl (C=O) groups excluding carboxylic acids is 2. The zero-order chi connectivity index (χ0) is 12.1. The van der Waals surface area contributed by atoms with E-state index in [-0.39, 0.29) is 5.91 Å². The van der Waals surface area contributed by atoms with Gasteiger partial charge in [0.2, 0.25) is 12.3 Å². The predicted molar refractivity (Wildman–Crippen MR) is 71.9 cm³/mol. The Morgan fingerprint density at radius 2 is 1.94 bits per heavy atom. The fraction of sp³-hybridized carbons (Fsp3) is 0.778. The topological polar surface area (TPSA) is 58.2 Å². The van der Waals surface area contributed by atoms with Gasteiger partial charge in [0.05, 0.1) is 0 Å². The molecule has 0 saturated heterocycles. The van der Waals surface area contributed by atoms with E-state index in [4.69, 9.17) is 11.6 Å². The van der Waals surface area contributed by atoms with Crippen LogP contribution in [0.1, 0.15) is 12.8 Å². The molecule has 2 amide bonds. The summed E-state index contributed by atoms with van der Waals surface area (Å²) in [6.07, 6.45) is 1.93. The molecule has 0 aromatic heterocycles. The van der Waals surface area contributed by atoms with Gasteiger partial charge in [-0.3, -0.25) is 9.59 Å². The Morgan fingerprint density at radius 1 is 1.25 bits per heavy atom. The maximum absolute atomic E-state index is 11.1. The van der Waals surface area contributed by atoms with Crippen LogP contribution in [0.4, 0.5) is 0 Å². The van der Waals surface area contributed by atoms with Crippen molar-refractivity contribution in [3.05, 3.63) is 0 Å². The molecule has 0 radical (unpaired) electrons. The molecular formula is C9H17ClN2O2S2. The van der Waals surface area contributed by atoms with E-state index in [2.05, 4.69) is 10.6 Å². The Balaban J connectivity index is 3.08. The largest absolute Gasteiger partial charge is 0.358 e. The second kappa shape index (κ2) is 13.0. The van der Waals surface area contributed by atoms with E-state index < -0.39 is 0 Å². The molecule has 0 unspecified atom stereocenters. The van der Waals surface area contributed by atoms with E-state index in [0.717, 1.165) is 17.9 Å². The zero-order valence-corrected chi connectivity index (χ0v) is 11.4. The molecule has 0 aliphatic heterocycles. The van der Waals surface area contributed by atoms with E-state index in [1.807, 2.05) is 0 Å². The Bertz CT molecular complexity index is 196. The van der Waals surface area contributed by atoms with E-state index in [1.54, 1.807) is 21.6 Å². The molecule has 0 aliphatic carbocycles. The van der Waals surface area contributed by atoms with Crippen molar-refractivity contribution in [2.45, 2.75) is 12.8 Å². The first-order valence-corrected chi connectivity index (χ1v) is 8.07. The molecule has 2 N–H and O–H groups in total. The third-order valence-corrected chi connectivity index (χ3v) is 4.22. The maximum atomic E-state index is 11.1.